The fourth-order valence-corrected chi connectivity index (χ4v) is 3.40. The van der Waals surface area contributed by atoms with E-state index in [0.717, 1.165) is 16.9 Å². The van der Waals surface area contributed by atoms with E-state index in [0.29, 0.717) is 5.41 Å². The molecule has 1 fully saturated rings. The molecule has 0 heterocycles. The number of hydrogen-bond acceptors (Lipinski definition) is 1. The SMILES string of the molecule is CN(Cc1ccc(Cl)cc1)CC1(CBr)CCC1. The highest BCUT2D eigenvalue weighted by molar-refractivity contribution is 9.09. The van der Waals surface area contributed by atoms with Crippen LogP contribution in [0.2, 0.25) is 5.02 Å². The first-order valence-corrected chi connectivity index (χ1v) is 7.62. The number of halogens is 2. The number of alkyl halides is 1. The van der Waals surface area contributed by atoms with E-state index in [-0.39, 0.29) is 0 Å². The van der Waals surface area contributed by atoms with Crippen LogP contribution < -0.4 is 0 Å². The van der Waals surface area contributed by atoms with Gasteiger partial charge in [0, 0.05) is 23.4 Å². The topological polar surface area (TPSA) is 3.24 Å². The third kappa shape index (κ3) is 3.46. The Morgan fingerprint density at radius 3 is 2.41 bits per heavy atom. The largest absolute Gasteiger partial charge is 0.302 e. The first kappa shape index (κ1) is 13.4. The molecule has 0 aromatic heterocycles. The molecule has 1 nitrogen and oxygen atoms in total. The quantitative estimate of drug-likeness (QED) is 0.731. The molecule has 1 aromatic carbocycles. The van der Waals surface area contributed by atoms with Crippen molar-refractivity contribution >= 4 is 27.5 Å². The van der Waals surface area contributed by atoms with Crippen molar-refractivity contribution in [2.24, 2.45) is 5.41 Å². The summed E-state index contributed by atoms with van der Waals surface area (Å²) < 4.78 is 0. The van der Waals surface area contributed by atoms with Gasteiger partial charge in [-0.3, -0.25) is 0 Å². The first-order chi connectivity index (χ1) is 8.13. The number of hydrogen-bond donors (Lipinski definition) is 0. The summed E-state index contributed by atoms with van der Waals surface area (Å²) in [6.07, 6.45) is 4.12. The van der Waals surface area contributed by atoms with Crippen LogP contribution in [-0.2, 0) is 6.54 Å². The van der Waals surface area contributed by atoms with Gasteiger partial charge in [-0.2, -0.15) is 0 Å². The fourth-order valence-electron chi connectivity index (χ4n) is 2.54. The minimum Gasteiger partial charge on any atom is -0.302 e. The molecule has 0 atom stereocenters. The molecule has 2 rings (SSSR count). The van der Waals surface area contributed by atoms with Gasteiger partial charge in [0.1, 0.15) is 0 Å². The van der Waals surface area contributed by atoms with E-state index >= 15 is 0 Å². The molecule has 0 bridgehead atoms. The third-order valence-corrected chi connectivity index (χ3v) is 5.11. The molecule has 0 aliphatic heterocycles. The Labute approximate surface area is 117 Å². The molecule has 0 spiro atoms. The molecule has 0 N–H and O–H groups in total. The molecule has 0 amide bonds. The lowest BCUT2D eigenvalue weighted by Gasteiger charge is -2.43. The van der Waals surface area contributed by atoms with Crippen molar-refractivity contribution in [2.45, 2.75) is 25.8 Å². The Kier molecular flexibility index (Phi) is 4.51. The standard InChI is InChI=1S/C14H19BrClN/c1-17(11-14(10-15)7-2-8-14)9-12-3-5-13(16)6-4-12/h3-6H,2,7-11H2,1H3. The summed E-state index contributed by atoms with van der Waals surface area (Å²) in [6, 6.07) is 8.16. The van der Waals surface area contributed by atoms with Gasteiger partial charge in [0.25, 0.3) is 0 Å². The third-order valence-electron chi connectivity index (χ3n) is 3.67. The lowest BCUT2D eigenvalue weighted by Crippen LogP contribution is -2.41. The highest BCUT2D eigenvalue weighted by Gasteiger charge is 2.36. The monoisotopic (exact) mass is 315 g/mol. The van der Waals surface area contributed by atoms with Crippen LogP contribution >= 0.6 is 27.5 Å². The Bertz CT molecular complexity index is 353. The first-order valence-electron chi connectivity index (χ1n) is 6.13. The molecular formula is C14H19BrClN. The van der Waals surface area contributed by atoms with E-state index in [1.807, 2.05) is 12.1 Å². The summed E-state index contributed by atoms with van der Waals surface area (Å²) in [4.78, 5) is 2.42. The van der Waals surface area contributed by atoms with Crippen molar-refractivity contribution in [2.75, 3.05) is 18.9 Å². The van der Waals surface area contributed by atoms with Gasteiger partial charge in [-0.15, -0.1) is 0 Å². The Hall–Kier alpha value is -0.0500. The highest BCUT2D eigenvalue weighted by atomic mass is 79.9. The van der Waals surface area contributed by atoms with E-state index in [9.17, 15) is 0 Å². The maximum absolute atomic E-state index is 5.89. The van der Waals surface area contributed by atoms with E-state index in [2.05, 4.69) is 40.0 Å². The van der Waals surface area contributed by atoms with Gasteiger partial charge < -0.3 is 4.90 Å². The van der Waals surface area contributed by atoms with Crippen molar-refractivity contribution in [3.05, 3.63) is 34.9 Å². The van der Waals surface area contributed by atoms with Gasteiger partial charge >= 0.3 is 0 Å². The Balaban J connectivity index is 1.88. The second-order valence-corrected chi connectivity index (χ2v) is 6.28. The molecule has 0 radical (unpaired) electrons. The van der Waals surface area contributed by atoms with Crippen molar-refractivity contribution in [3.63, 3.8) is 0 Å². The normalized spacial score (nSPS) is 18.1. The van der Waals surface area contributed by atoms with Crippen LogP contribution in [0.4, 0.5) is 0 Å². The van der Waals surface area contributed by atoms with Gasteiger partial charge in [-0.1, -0.05) is 46.1 Å². The molecule has 0 saturated heterocycles. The lowest BCUT2D eigenvalue weighted by atomic mass is 9.70. The molecule has 1 aliphatic carbocycles. The van der Waals surface area contributed by atoms with Crippen LogP contribution in [0.25, 0.3) is 0 Å². The number of nitrogens with zero attached hydrogens (tertiary/aromatic N) is 1. The second-order valence-electron chi connectivity index (χ2n) is 5.29. The van der Waals surface area contributed by atoms with Crippen molar-refractivity contribution < 1.29 is 0 Å². The fraction of sp³-hybridized carbons (Fsp3) is 0.571. The summed E-state index contributed by atoms with van der Waals surface area (Å²) in [6.45, 7) is 2.19. The van der Waals surface area contributed by atoms with Crippen LogP contribution in [0.5, 0.6) is 0 Å². The van der Waals surface area contributed by atoms with Gasteiger partial charge in [0.2, 0.25) is 0 Å². The summed E-state index contributed by atoms with van der Waals surface area (Å²) in [7, 11) is 2.21. The second kappa shape index (κ2) is 5.73. The van der Waals surface area contributed by atoms with Crippen molar-refractivity contribution in [1.82, 2.24) is 4.90 Å². The lowest BCUT2D eigenvalue weighted by molar-refractivity contribution is 0.102. The van der Waals surface area contributed by atoms with Crippen LogP contribution in [0.3, 0.4) is 0 Å². The molecule has 3 heteroatoms. The van der Waals surface area contributed by atoms with Crippen LogP contribution in [-0.4, -0.2) is 23.8 Å². The van der Waals surface area contributed by atoms with Gasteiger partial charge in [-0.25, -0.2) is 0 Å². The summed E-state index contributed by atoms with van der Waals surface area (Å²) in [5.41, 5.74) is 1.86. The van der Waals surface area contributed by atoms with Crippen LogP contribution in [0, 0.1) is 5.41 Å². The molecule has 1 aromatic rings. The molecule has 1 saturated carbocycles. The van der Waals surface area contributed by atoms with Gasteiger partial charge in [0.15, 0.2) is 0 Å². The average Bonchev–Trinajstić information content (AvgIpc) is 2.27. The maximum atomic E-state index is 5.89. The molecule has 1 aliphatic rings. The van der Waals surface area contributed by atoms with Crippen molar-refractivity contribution in [3.8, 4) is 0 Å². The van der Waals surface area contributed by atoms with E-state index in [1.165, 1.54) is 31.4 Å². The predicted octanol–water partition coefficient (Wildman–Crippen LogP) is 4.34. The summed E-state index contributed by atoms with van der Waals surface area (Å²) in [5.74, 6) is 0. The van der Waals surface area contributed by atoms with Crippen molar-refractivity contribution in [1.29, 1.82) is 0 Å². The maximum Gasteiger partial charge on any atom is 0.0406 e. The summed E-state index contributed by atoms with van der Waals surface area (Å²) >= 11 is 9.55. The highest BCUT2D eigenvalue weighted by Crippen LogP contribution is 2.42. The summed E-state index contributed by atoms with van der Waals surface area (Å²) in [5, 5.41) is 1.94. The number of benzene rings is 1. The number of rotatable bonds is 5. The minimum absolute atomic E-state index is 0.529. The van der Waals surface area contributed by atoms with Crippen LogP contribution in [0.15, 0.2) is 24.3 Å². The molecule has 0 unspecified atom stereocenters. The molecule has 17 heavy (non-hydrogen) atoms. The van der Waals surface area contributed by atoms with Gasteiger partial charge in [0.05, 0.1) is 0 Å². The average molecular weight is 317 g/mol. The molecule has 94 valence electrons. The minimum atomic E-state index is 0.529. The van der Waals surface area contributed by atoms with E-state index in [4.69, 9.17) is 11.6 Å². The molecular weight excluding hydrogens is 298 g/mol. The smallest absolute Gasteiger partial charge is 0.0406 e. The Morgan fingerprint density at radius 1 is 1.29 bits per heavy atom. The van der Waals surface area contributed by atoms with Gasteiger partial charge in [-0.05, 0) is 43.0 Å². The zero-order valence-corrected chi connectivity index (χ0v) is 12.6. The zero-order chi connectivity index (χ0) is 12.3. The predicted molar refractivity (Wildman–Crippen MR) is 77.9 cm³/mol. The Morgan fingerprint density at radius 2 is 1.94 bits per heavy atom. The van der Waals surface area contributed by atoms with E-state index < -0.39 is 0 Å². The zero-order valence-electron chi connectivity index (χ0n) is 10.3. The van der Waals surface area contributed by atoms with Crippen LogP contribution in [0.1, 0.15) is 24.8 Å². The van der Waals surface area contributed by atoms with E-state index in [1.54, 1.807) is 0 Å².